The Morgan fingerprint density at radius 3 is 1.65 bits per heavy atom. The molecule has 0 rings (SSSR count). The topological polar surface area (TPSA) is 9.23 Å². The van der Waals surface area contributed by atoms with E-state index >= 15 is 0 Å². The smallest absolute Gasteiger partial charge is 0.0466 e. The number of unbranched alkanes of at least 4 members (excludes halogenated alkanes) is 9. The normalized spacial score (nSPS) is 10.9. The van der Waals surface area contributed by atoms with E-state index in [4.69, 9.17) is 4.74 Å². The van der Waals surface area contributed by atoms with E-state index in [2.05, 4.69) is 22.9 Å². The molecule has 2 heteroatoms. The van der Waals surface area contributed by atoms with Crippen LogP contribution >= 0.6 is 15.9 Å². The molecule has 1 nitrogen and oxygen atoms in total. The van der Waals surface area contributed by atoms with Gasteiger partial charge < -0.3 is 4.74 Å². The molecule has 0 aromatic carbocycles. The van der Waals surface area contributed by atoms with Crippen molar-refractivity contribution >= 4 is 15.9 Å². The van der Waals surface area contributed by atoms with Crippen LogP contribution in [0.25, 0.3) is 0 Å². The first-order valence-corrected chi connectivity index (χ1v) is 8.67. The van der Waals surface area contributed by atoms with Gasteiger partial charge in [-0.25, -0.2) is 0 Å². The van der Waals surface area contributed by atoms with Crippen molar-refractivity contribution in [3.8, 4) is 0 Å². The molecule has 0 aliphatic heterocycles. The van der Waals surface area contributed by atoms with Gasteiger partial charge in [-0.1, -0.05) is 74.2 Å². The minimum absolute atomic E-state index is 0.947. The lowest BCUT2D eigenvalue weighted by Crippen LogP contribution is -1.97. The third-order valence-electron chi connectivity index (χ3n) is 3.06. The fraction of sp³-hybridized carbons (Fsp3) is 1.00. The van der Waals surface area contributed by atoms with E-state index in [1.807, 2.05) is 0 Å². The summed E-state index contributed by atoms with van der Waals surface area (Å²) in [4.78, 5) is 0. The Hall–Kier alpha value is 0.440. The van der Waals surface area contributed by atoms with E-state index in [-0.39, 0.29) is 0 Å². The third-order valence-corrected chi connectivity index (χ3v) is 3.63. The van der Waals surface area contributed by atoms with Crippen LogP contribution in [-0.2, 0) is 4.74 Å². The highest BCUT2D eigenvalue weighted by atomic mass is 79.9. The van der Waals surface area contributed by atoms with Crippen molar-refractivity contribution in [1.29, 1.82) is 0 Å². The van der Waals surface area contributed by atoms with E-state index in [1.54, 1.807) is 0 Å². The van der Waals surface area contributed by atoms with Crippen LogP contribution < -0.4 is 0 Å². The van der Waals surface area contributed by atoms with Crippen molar-refractivity contribution in [2.24, 2.45) is 0 Å². The molecule has 0 atom stereocenters. The Labute approximate surface area is 117 Å². The van der Waals surface area contributed by atoms with Gasteiger partial charge in [0, 0.05) is 18.5 Å². The molecule has 0 saturated heterocycles. The first-order valence-electron chi connectivity index (χ1n) is 7.55. The first-order chi connectivity index (χ1) is 8.41. The summed E-state index contributed by atoms with van der Waals surface area (Å²) in [5.41, 5.74) is 0. The van der Waals surface area contributed by atoms with Crippen molar-refractivity contribution in [3.05, 3.63) is 0 Å². The Morgan fingerprint density at radius 1 is 0.647 bits per heavy atom. The molecule has 0 heterocycles. The molecule has 0 amide bonds. The monoisotopic (exact) mass is 306 g/mol. The molecule has 0 N–H and O–H groups in total. The van der Waals surface area contributed by atoms with E-state index in [1.165, 1.54) is 70.6 Å². The highest BCUT2D eigenvalue weighted by Gasteiger charge is 1.93. The summed E-state index contributed by atoms with van der Waals surface area (Å²) in [5, 5.41) is 1.11. The minimum Gasteiger partial charge on any atom is -0.381 e. The number of alkyl halides is 1. The molecule has 0 spiro atoms. The van der Waals surface area contributed by atoms with E-state index < -0.39 is 0 Å². The van der Waals surface area contributed by atoms with Gasteiger partial charge in [-0.05, 0) is 19.3 Å². The van der Waals surface area contributed by atoms with Crippen LogP contribution in [0.15, 0.2) is 0 Å². The highest BCUT2D eigenvalue weighted by molar-refractivity contribution is 9.09. The SMILES string of the molecule is CCCCCCCCCCCOCCCCBr. The van der Waals surface area contributed by atoms with Gasteiger partial charge in [0.05, 0.1) is 0 Å². The van der Waals surface area contributed by atoms with Gasteiger partial charge in [0.15, 0.2) is 0 Å². The number of rotatable bonds is 14. The molecule has 0 aromatic rings. The zero-order valence-electron chi connectivity index (χ0n) is 11.7. The van der Waals surface area contributed by atoms with Crippen LogP contribution in [0.2, 0.25) is 0 Å². The van der Waals surface area contributed by atoms with Crippen molar-refractivity contribution < 1.29 is 4.74 Å². The summed E-state index contributed by atoms with van der Waals surface area (Å²) in [6.07, 6.45) is 14.9. The molecular formula is C15H31BrO. The van der Waals surface area contributed by atoms with E-state index in [0.29, 0.717) is 0 Å². The first kappa shape index (κ1) is 17.4. The number of ether oxygens (including phenoxy) is 1. The Bertz CT molecular complexity index is 114. The quantitative estimate of drug-likeness (QED) is 0.295. The Kier molecular flexibility index (Phi) is 16.9. The largest absolute Gasteiger partial charge is 0.381 e. The standard InChI is InChI=1S/C15H31BrO/c1-2-3-4-5-6-7-8-9-11-14-17-15-12-10-13-16/h2-15H2,1H3. The van der Waals surface area contributed by atoms with Crippen LogP contribution in [0.5, 0.6) is 0 Å². The van der Waals surface area contributed by atoms with E-state index in [9.17, 15) is 0 Å². The molecule has 0 unspecified atom stereocenters. The van der Waals surface area contributed by atoms with E-state index in [0.717, 1.165) is 18.5 Å². The number of hydrogen-bond donors (Lipinski definition) is 0. The van der Waals surface area contributed by atoms with Crippen molar-refractivity contribution in [3.63, 3.8) is 0 Å². The Morgan fingerprint density at radius 2 is 1.12 bits per heavy atom. The van der Waals surface area contributed by atoms with Gasteiger partial charge in [-0.15, -0.1) is 0 Å². The molecule has 0 fully saturated rings. The lowest BCUT2D eigenvalue weighted by atomic mass is 10.1. The lowest BCUT2D eigenvalue weighted by Gasteiger charge is -2.04. The molecule has 104 valence electrons. The molecule has 17 heavy (non-hydrogen) atoms. The maximum atomic E-state index is 5.57. The number of hydrogen-bond acceptors (Lipinski definition) is 1. The second kappa shape index (κ2) is 16.4. The van der Waals surface area contributed by atoms with Crippen LogP contribution in [0.1, 0.15) is 77.6 Å². The average molecular weight is 307 g/mol. The van der Waals surface area contributed by atoms with Crippen LogP contribution in [0, 0.1) is 0 Å². The van der Waals surface area contributed by atoms with Gasteiger partial charge in [-0.3, -0.25) is 0 Å². The molecule has 0 aromatic heterocycles. The fourth-order valence-electron chi connectivity index (χ4n) is 1.92. The fourth-order valence-corrected chi connectivity index (χ4v) is 2.31. The molecule has 0 radical (unpaired) electrons. The van der Waals surface area contributed by atoms with Crippen molar-refractivity contribution in [2.45, 2.75) is 77.6 Å². The summed E-state index contributed by atoms with van der Waals surface area (Å²) in [6.45, 7) is 4.19. The zero-order valence-corrected chi connectivity index (χ0v) is 13.3. The van der Waals surface area contributed by atoms with Gasteiger partial charge in [0.2, 0.25) is 0 Å². The molecule has 0 bridgehead atoms. The highest BCUT2D eigenvalue weighted by Crippen LogP contribution is 2.09. The predicted octanol–water partition coefficient (Wildman–Crippen LogP) is 5.71. The van der Waals surface area contributed by atoms with Crippen LogP contribution in [-0.4, -0.2) is 18.5 Å². The van der Waals surface area contributed by atoms with Crippen molar-refractivity contribution in [2.75, 3.05) is 18.5 Å². The summed E-state index contributed by atoms with van der Waals surface area (Å²) < 4.78 is 5.57. The van der Waals surface area contributed by atoms with Gasteiger partial charge in [0.25, 0.3) is 0 Å². The minimum atomic E-state index is 0.947. The zero-order chi connectivity index (χ0) is 12.6. The van der Waals surface area contributed by atoms with Gasteiger partial charge >= 0.3 is 0 Å². The third kappa shape index (κ3) is 16.4. The number of halogens is 1. The summed E-state index contributed by atoms with van der Waals surface area (Å²) in [6, 6.07) is 0. The molecule has 0 saturated carbocycles. The van der Waals surface area contributed by atoms with Crippen molar-refractivity contribution in [1.82, 2.24) is 0 Å². The van der Waals surface area contributed by atoms with Crippen LogP contribution in [0.3, 0.4) is 0 Å². The molecule has 0 aliphatic carbocycles. The maximum absolute atomic E-state index is 5.57. The summed E-state index contributed by atoms with van der Waals surface area (Å²) >= 11 is 3.43. The second-order valence-electron chi connectivity index (χ2n) is 4.84. The maximum Gasteiger partial charge on any atom is 0.0466 e. The molecule has 0 aliphatic rings. The van der Waals surface area contributed by atoms with Crippen LogP contribution in [0.4, 0.5) is 0 Å². The predicted molar refractivity (Wildman–Crippen MR) is 81.1 cm³/mol. The summed E-state index contributed by atoms with van der Waals surface area (Å²) in [7, 11) is 0. The Balaban J connectivity index is 2.85. The second-order valence-corrected chi connectivity index (χ2v) is 5.63. The average Bonchev–Trinajstić information content (AvgIpc) is 2.35. The summed E-state index contributed by atoms with van der Waals surface area (Å²) in [5.74, 6) is 0. The van der Waals surface area contributed by atoms with Gasteiger partial charge in [-0.2, -0.15) is 0 Å². The molecular weight excluding hydrogens is 276 g/mol. The van der Waals surface area contributed by atoms with Gasteiger partial charge in [0.1, 0.15) is 0 Å². The lowest BCUT2D eigenvalue weighted by molar-refractivity contribution is 0.127.